The topological polar surface area (TPSA) is 78.8 Å². The lowest BCUT2D eigenvalue weighted by Gasteiger charge is -2.22. The number of halogens is 4. The van der Waals surface area contributed by atoms with Crippen LogP contribution in [0.1, 0.15) is 16.7 Å². The number of rotatable bonds is 8. The summed E-state index contributed by atoms with van der Waals surface area (Å²) in [5.41, 5.74) is 4.25. The van der Waals surface area contributed by atoms with Crippen LogP contribution in [0.25, 0.3) is 0 Å². The third-order valence-electron chi connectivity index (χ3n) is 4.70. The Morgan fingerprint density at radius 1 is 0.941 bits per heavy atom. The molecule has 6 nitrogen and oxygen atoms in total. The first kappa shape index (κ1) is 26.5. The SMILES string of the molecule is Cc1ccc(S(=O)(=O)N(CC(=O)N/N=C\c2ccc(Cl)cc2Cl)Cc2ccc(Cl)cc2Cl)cc1. The minimum absolute atomic E-state index is 0.0485. The maximum Gasteiger partial charge on any atom is 0.255 e. The van der Waals surface area contributed by atoms with Crippen LogP contribution in [-0.4, -0.2) is 31.4 Å². The molecule has 0 atom stereocenters. The molecule has 1 N–H and O–H groups in total. The Labute approximate surface area is 218 Å². The summed E-state index contributed by atoms with van der Waals surface area (Å²) in [5, 5.41) is 5.38. The van der Waals surface area contributed by atoms with Gasteiger partial charge in [-0.05, 0) is 48.9 Å². The number of nitrogens with zero attached hydrogens (tertiary/aromatic N) is 2. The first-order valence-electron chi connectivity index (χ1n) is 9.84. The largest absolute Gasteiger partial charge is 0.272 e. The number of hydrazone groups is 1. The molecule has 0 saturated heterocycles. The molecule has 0 heterocycles. The molecule has 0 bridgehead atoms. The van der Waals surface area contributed by atoms with E-state index in [9.17, 15) is 13.2 Å². The molecule has 0 aliphatic heterocycles. The van der Waals surface area contributed by atoms with Crippen LogP contribution in [0.5, 0.6) is 0 Å². The molecule has 3 rings (SSSR count). The first-order chi connectivity index (χ1) is 16.1. The van der Waals surface area contributed by atoms with Crippen LogP contribution in [0.2, 0.25) is 20.1 Å². The predicted octanol–water partition coefficient (Wildman–Crippen LogP) is 5.95. The second-order valence-corrected chi connectivity index (χ2v) is 10.9. The Balaban J connectivity index is 1.83. The second kappa shape index (κ2) is 11.5. The van der Waals surface area contributed by atoms with Crippen LogP contribution in [0.3, 0.4) is 0 Å². The number of amides is 1. The van der Waals surface area contributed by atoms with Gasteiger partial charge in [-0.1, -0.05) is 76.2 Å². The smallest absolute Gasteiger partial charge is 0.255 e. The van der Waals surface area contributed by atoms with E-state index in [1.165, 1.54) is 30.5 Å². The third kappa shape index (κ3) is 6.95. The number of sulfonamides is 1. The maximum absolute atomic E-state index is 13.3. The van der Waals surface area contributed by atoms with Crippen LogP contribution in [0.4, 0.5) is 0 Å². The van der Waals surface area contributed by atoms with E-state index in [4.69, 9.17) is 46.4 Å². The van der Waals surface area contributed by atoms with Crippen LogP contribution in [-0.2, 0) is 21.4 Å². The van der Waals surface area contributed by atoms with Crippen molar-refractivity contribution in [3.63, 3.8) is 0 Å². The molecule has 0 unspecified atom stereocenters. The van der Waals surface area contributed by atoms with Gasteiger partial charge in [0.15, 0.2) is 0 Å². The van der Waals surface area contributed by atoms with Crippen molar-refractivity contribution < 1.29 is 13.2 Å². The van der Waals surface area contributed by atoms with E-state index >= 15 is 0 Å². The fourth-order valence-electron chi connectivity index (χ4n) is 2.90. The molecule has 34 heavy (non-hydrogen) atoms. The molecule has 0 saturated carbocycles. The van der Waals surface area contributed by atoms with E-state index in [0.29, 0.717) is 26.2 Å². The van der Waals surface area contributed by atoms with Crippen LogP contribution < -0.4 is 5.43 Å². The van der Waals surface area contributed by atoms with E-state index in [0.717, 1.165) is 9.87 Å². The Kier molecular flexibility index (Phi) is 8.98. The second-order valence-electron chi connectivity index (χ2n) is 7.28. The van der Waals surface area contributed by atoms with E-state index in [1.54, 1.807) is 36.4 Å². The van der Waals surface area contributed by atoms with Crippen molar-refractivity contribution in [2.24, 2.45) is 5.10 Å². The van der Waals surface area contributed by atoms with Gasteiger partial charge in [-0.3, -0.25) is 4.79 Å². The number of carbonyl (C=O) groups is 1. The number of nitrogens with one attached hydrogen (secondary N) is 1. The van der Waals surface area contributed by atoms with E-state index in [1.807, 2.05) is 6.92 Å². The normalized spacial score (nSPS) is 11.8. The van der Waals surface area contributed by atoms with E-state index in [2.05, 4.69) is 10.5 Å². The predicted molar refractivity (Wildman–Crippen MR) is 137 cm³/mol. The van der Waals surface area contributed by atoms with E-state index in [-0.39, 0.29) is 16.5 Å². The number of aryl methyl sites for hydroxylation is 1. The van der Waals surface area contributed by atoms with Gasteiger partial charge < -0.3 is 0 Å². The number of hydrogen-bond donors (Lipinski definition) is 1. The standard InChI is InChI=1S/C23H19Cl4N3O3S/c1-15-2-8-20(9-3-15)34(32,33)30(13-17-5-7-19(25)11-22(17)27)14-23(31)29-28-12-16-4-6-18(24)10-21(16)26/h2-12H,13-14H2,1H3,(H,29,31)/b28-12-. The zero-order valence-corrected chi connectivity index (χ0v) is 21.6. The highest BCUT2D eigenvalue weighted by atomic mass is 35.5. The summed E-state index contributed by atoms with van der Waals surface area (Å²) in [6.45, 7) is 1.20. The quantitative estimate of drug-likeness (QED) is 0.274. The van der Waals surface area contributed by atoms with Gasteiger partial charge in [0.25, 0.3) is 5.91 Å². The third-order valence-corrected chi connectivity index (χ3v) is 7.65. The Morgan fingerprint density at radius 3 is 2.18 bits per heavy atom. The van der Waals surface area contributed by atoms with Gasteiger partial charge in [-0.25, -0.2) is 13.8 Å². The molecule has 0 aliphatic carbocycles. The summed E-state index contributed by atoms with van der Waals surface area (Å²) >= 11 is 24.2. The Morgan fingerprint density at radius 2 is 1.56 bits per heavy atom. The first-order valence-corrected chi connectivity index (χ1v) is 12.8. The highest BCUT2D eigenvalue weighted by molar-refractivity contribution is 7.89. The van der Waals surface area contributed by atoms with Gasteiger partial charge in [0.1, 0.15) is 0 Å². The van der Waals surface area contributed by atoms with Gasteiger partial charge in [-0.15, -0.1) is 0 Å². The van der Waals surface area contributed by atoms with Crippen molar-refractivity contribution in [1.82, 2.24) is 9.73 Å². The number of carbonyl (C=O) groups excluding carboxylic acids is 1. The minimum Gasteiger partial charge on any atom is -0.272 e. The molecule has 0 aliphatic rings. The monoisotopic (exact) mass is 557 g/mol. The molecule has 11 heteroatoms. The highest BCUT2D eigenvalue weighted by Gasteiger charge is 2.27. The Hall–Kier alpha value is -2.13. The number of benzene rings is 3. The van der Waals surface area contributed by atoms with Gasteiger partial charge in [0.2, 0.25) is 10.0 Å². The molecule has 178 valence electrons. The van der Waals surface area contributed by atoms with E-state index < -0.39 is 22.5 Å². The summed E-state index contributed by atoms with van der Waals surface area (Å²) in [6.07, 6.45) is 1.34. The van der Waals surface area contributed by atoms with Crippen molar-refractivity contribution in [2.75, 3.05) is 6.54 Å². The lowest BCUT2D eigenvalue weighted by atomic mass is 10.2. The molecule has 3 aromatic rings. The molecule has 3 aromatic carbocycles. The molecular formula is C23H19Cl4N3O3S. The summed E-state index contributed by atoms with van der Waals surface area (Å²) in [5.74, 6) is -0.651. The lowest BCUT2D eigenvalue weighted by Crippen LogP contribution is -2.39. The minimum atomic E-state index is -4.03. The van der Waals surface area contributed by atoms with Crippen molar-refractivity contribution >= 4 is 68.5 Å². The van der Waals surface area contributed by atoms with Gasteiger partial charge in [0.05, 0.1) is 22.7 Å². The average Bonchev–Trinajstić information content (AvgIpc) is 2.77. The van der Waals surface area contributed by atoms with Crippen molar-refractivity contribution in [2.45, 2.75) is 18.4 Å². The molecule has 1 amide bonds. The van der Waals surface area contributed by atoms with Gasteiger partial charge >= 0.3 is 0 Å². The lowest BCUT2D eigenvalue weighted by molar-refractivity contribution is -0.121. The summed E-state index contributed by atoms with van der Waals surface area (Å²) in [4.78, 5) is 12.7. The molecule has 0 fully saturated rings. The summed E-state index contributed by atoms with van der Waals surface area (Å²) in [7, 11) is -4.03. The molecule has 0 spiro atoms. The molecule has 0 radical (unpaired) electrons. The zero-order valence-electron chi connectivity index (χ0n) is 17.8. The van der Waals surface area contributed by atoms with Crippen LogP contribution in [0, 0.1) is 6.92 Å². The fourth-order valence-corrected chi connectivity index (χ4v) is 5.20. The summed E-state index contributed by atoms with van der Waals surface area (Å²) < 4.78 is 27.7. The molecule has 0 aromatic heterocycles. The van der Waals surface area contributed by atoms with Crippen molar-refractivity contribution in [1.29, 1.82) is 0 Å². The summed E-state index contributed by atoms with van der Waals surface area (Å²) in [6, 6.07) is 15.9. The average molecular weight is 559 g/mol. The van der Waals surface area contributed by atoms with Crippen molar-refractivity contribution in [3.05, 3.63) is 97.4 Å². The van der Waals surface area contributed by atoms with Crippen LogP contribution in [0.15, 0.2) is 70.7 Å². The maximum atomic E-state index is 13.3. The van der Waals surface area contributed by atoms with Gasteiger partial charge in [0, 0.05) is 27.2 Å². The zero-order chi connectivity index (χ0) is 24.9. The van der Waals surface area contributed by atoms with Crippen LogP contribution >= 0.6 is 46.4 Å². The Bertz CT molecular complexity index is 1330. The van der Waals surface area contributed by atoms with Crippen molar-refractivity contribution in [3.8, 4) is 0 Å². The fraction of sp³-hybridized carbons (Fsp3) is 0.130. The number of hydrogen-bond acceptors (Lipinski definition) is 4. The highest BCUT2D eigenvalue weighted by Crippen LogP contribution is 2.25. The van der Waals surface area contributed by atoms with Gasteiger partial charge in [-0.2, -0.15) is 9.41 Å². The molecular weight excluding hydrogens is 540 g/mol.